The lowest BCUT2D eigenvalue weighted by molar-refractivity contribution is 0.254. The Balaban J connectivity index is 1.65. The lowest BCUT2D eigenvalue weighted by Crippen LogP contribution is -2.39. The minimum atomic E-state index is 0.154. The Morgan fingerprint density at radius 2 is 2.17 bits per heavy atom. The van der Waals surface area contributed by atoms with Crippen LogP contribution in [0, 0.1) is 5.41 Å². The summed E-state index contributed by atoms with van der Waals surface area (Å²) in [5, 5.41) is 16.7. The summed E-state index contributed by atoms with van der Waals surface area (Å²) in [6, 6.07) is 4.99. The molecule has 130 valence electrons. The molecule has 24 heavy (non-hydrogen) atoms. The number of halogens is 1. The van der Waals surface area contributed by atoms with Crippen LogP contribution in [0.1, 0.15) is 39.0 Å². The van der Waals surface area contributed by atoms with E-state index in [1.54, 1.807) is 12.1 Å². The first-order valence-corrected chi connectivity index (χ1v) is 9.59. The van der Waals surface area contributed by atoms with Gasteiger partial charge in [0.2, 0.25) is 5.96 Å². The quantitative estimate of drug-likeness (QED) is 0.476. The Labute approximate surface area is 152 Å². The SMILES string of the molecule is CCN=C(NSc1cc(O)cc(Cl)c1)N1CC2(C=N1)CCCCC2. The van der Waals surface area contributed by atoms with E-state index in [-0.39, 0.29) is 11.2 Å². The Morgan fingerprint density at radius 3 is 2.88 bits per heavy atom. The fraction of sp³-hybridized carbons (Fsp3) is 0.529. The van der Waals surface area contributed by atoms with Gasteiger partial charge in [-0.1, -0.05) is 30.9 Å². The van der Waals surface area contributed by atoms with Gasteiger partial charge >= 0.3 is 0 Å². The predicted octanol–water partition coefficient (Wildman–Crippen LogP) is 4.27. The standard InChI is InChI=1S/C17H23ClN4OS/c1-2-19-16(21-24-15-9-13(18)8-14(23)10-15)22-12-17(11-20-22)6-4-3-5-7-17/h8-11,23H,2-7,12H2,1H3,(H,19,21). The molecular weight excluding hydrogens is 344 g/mol. The Morgan fingerprint density at radius 1 is 1.38 bits per heavy atom. The van der Waals surface area contributed by atoms with E-state index in [0.29, 0.717) is 11.6 Å². The highest BCUT2D eigenvalue weighted by Crippen LogP contribution is 2.38. The molecule has 2 aliphatic rings. The highest BCUT2D eigenvalue weighted by molar-refractivity contribution is 7.98. The lowest BCUT2D eigenvalue weighted by atomic mass is 9.75. The van der Waals surface area contributed by atoms with Crippen LogP contribution >= 0.6 is 23.5 Å². The van der Waals surface area contributed by atoms with E-state index in [1.165, 1.54) is 50.1 Å². The largest absolute Gasteiger partial charge is 0.508 e. The third kappa shape index (κ3) is 4.16. The average Bonchev–Trinajstić information content (AvgIpc) is 2.94. The third-order valence-corrected chi connectivity index (χ3v) is 5.43. The maximum absolute atomic E-state index is 9.65. The van der Waals surface area contributed by atoms with Gasteiger partial charge in [0.05, 0.1) is 6.54 Å². The number of phenolic OH excluding ortho intramolecular Hbond substituents is 1. The minimum Gasteiger partial charge on any atom is -0.508 e. The molecule has 5 nitrogen and oxygen atoms in total. The highest BCUT2D eigenvalue weighted by atomic mass is 35.5. The number of benzene rings is 1. The van der Waals surface area contributed by atoms with Gasteiger partial charge in [-0.25, -0.2) is 5.01 Å². The number of guanidine groups is 1. The summed E-state index contributed by atoms with van der Waals surface area (Å²) in [5.41, 5.74) is 0.216. The average molecular weight is 367 g/mol. The summed E-state index contributed by atoms with van der Waals surface area (Å²) in [5.74, 6) is 0.904. The van der Waals surface area contributed by atoms with Crippen molar-refractivity contribution in [1.29, 1.82) is 0 Å². The zero-order chi connectivity index (χ0) is 17.0. The number of nitrogens with zero attached hydrogens (tertiary/aromatic N) is 3. The molecule has 0 atom stereocenters. The summed E-state index contributed by atoms with van der Waals surface area (Å²) in [6.07, 6.45) is 8.43. The molecule has 1 aliphatic heterocycles. The van der Waals surface area contributed by atoms with Crippen LogP contribution in [0.25, 0.3) is 0 Å². The molecule has 2 N–H and O–H groups in total. The zero-order valence-electron chi connectivity index (χ0n) is 13.8. The van der Waals surface area contributed by atoms with Crippen molar-refractivity contribution in [2.24, 2.45) is 15.5 Å². The van der Waals surface area contributed by atoms with Gasteiger partial charge < -0.3 is 5.11 Å². The van der Waals surface area contributed by atoms with Crippen molar-refractivity contribution in [2.75, 3.05) is 13.1 Å². The van der Waals surface area contributed by atoms with Crippen LogP contribution in [-0.2, 0) is 0 Å². The molecule has 0 amide bonds. The Hall–Kier alpha value is -1.40. The fourth-order valence-electron chi connectivity index (χ4n) is 3.27. The van der Waals surface area contributed by atoms with E-state index in [0.717, 1.165) is 17.4 Å². The molecule has 1 aliphatic carbocycles. The third-order valence-electron chi connectivity index (χ3n) is 4.45. The van der Waals surface area contributed by atoms with Crippen LogP contribution in [0.15, 0.2) is 33.2 Å². The molecule has 1 aromatic rings. The van der Waals surface area contributed by atoms with Gasteiger partial charge in [0.25, 0.3) is 0 Å². The van der Waals surface area contributed by atoms with E-state index < -0.39 is 0 Å². The molecule has 0 saturated heterocycles. The van der Waals surface area contributed by atoms with Crippen molar-refractivity contribution < 1.29 is 5.11 Å². The molecule has 1 fully saturated rings. The second-order valence-electron chi connectivity index (χ2n) is 6.37. The second kappa shape index (κ2) is 7.66. The number of hydrogen-bond donors (Lipinski definition) is 2. The number of aliphatic imine (C=N–C) groups is 1. The van der Waals surface area contributed by atoms with Crippen LogP contribution in [0.5, 0.6) is 5.75 Å². The van der Waals surface area contributed by atoms with Crippen molar-refractivity contribution in [3.63, 3.8) is 0 Å². The zero-order valence-corrected chi connectivity index (χ0v) is 15.4. The van der Waals surface area contributed by atoms with Crippen LogP contribution in [0.4, 0.5) is 0 Å². The van der Waals surface area contributed by atoms with Crippen molar-refractivity contribution in [3.05, 3.63) is 23.2 Å². The predicted molar refractivity (Wildman–Crippen MR) is 101 cm³/mol. The summed E-state index contributed by atoms with van der Waals surface area (Å²) in [4.78, 5) is 5.38. The molecule has 1 saturated carbocycles. The van der Waals surface area contributed by atoms with Gasteiger partial charge in [-0.15, -0.1) is 0 Å². The Kier molecular flexibility index (Phi) is 5.56. The number of nitrogens with one attached hydrogen (secondary N) is 1. The van der Waals surface area contributed by atoms with E-state index in [9.17, 15) is 5.11 Å². The number of rotatable bonds is 3. The first-order chi connectivity index (χ1) is 11.6. The molecule has 0 bridgehead atoms. The fourth-order valence-corrected chi connectivity index (χ4v) is 4.31. The van der Waals surface area contributed by atoms with E-state index >= 15 is 0 Å². The molecule has 1 spiro atoms. The molecule has 0 radical (unpaired) electrons. The number of aromatic hydroxyl groups is 1. The number of hydrogen-bond acceptors (Lipinski definition) is 4. The topological polar surface area (TPSA) is 60.2 Å². The van der Waals surface area contributed by atoms with Gasteiger partial charge in [0.15, 0.2) is 0 Å². The second-order valence-corrected chi connectivity index (χ2v) is 7.69. The summed E-state index contributed by atoms with van der Waals surface area (Å²) < 4.78 is 3.26. The van der Waals surface area contributed by atoms with Gasteiger partial charge in [-0.05, 0) is 49.9 Å². The first kappa shape index (κ1) is 17.4. The first-order valence-electron chi connectivity index (χ1n) is 8.40. The Bertz CT molecular complexity index is 623. The summed E-state index contributed by atoms with van der Waals surface area (Å²) >= 11 is 7.36. The van der Waals surface area contributed by atoms with Crippen LogP contribution in [-0.4, -0.2) is 35.4 Å². The normalized spacial score (nSPS) is 19.9. The van der Waals surface area contributed by atoms with Crippen LogP contribution in [0.2, 0.25) is 5.02 Å². The van der Waals surface area contributed by atoms with Gasteiger partial charge in [-0.3, -0.25) is 9.71 Å². The summed E-state index contributed by atoms with van der Waals surface area (Å²) in [7, 11) is 0. The van der Waals surface area contributed by atoms with Gasteiger partial charge in [-0.2, -0.15) is 5.10 Å². The van der Waals surface area contributed by atoms with Crippen LogP contribution in [0.3, 0.4) is 0 Å². The molecule has 3 rings (SSSR count). The van der Waals surface area contributed by atoms with E-state index in [4.69, 9.17) is 11.6 Å². The van der Waals surface area contributed by atoms with Crippen molar-refractivity contribution >= 4 is 35.7 Å². The van der Waals surface area contributed by atoms with Crippen LogP contribution < -0.4 is 4.72 Å². The maximum Gasteiger partial charge on any atom is 0.225 e. The molecule has 0 unspecified atom stereocenters. The van der Waals surface area contributed by atoms with E-state index in [1.807, 2.05) is 11.9 Å². The molecule has 7 heteroatoms. The van der Waals surface area contributed by atoms with Crippen molar-refractivity contribution in [3.8, 4) is 5.75 Å². The smallest absolute Gasteiger partial charge is 0.225 e. The molecule has 0 aromatic heterocycles. The van der Waals surface area contributed by atoms with Crippen molar-refractivity contribution in [1.82, 2.24) is 9.73 Å². The molecular formula is C17H23ClN4OS. The highest BCUT2D eigenvalue weighted by Gasteiger charge is 2.37. The number of phenols is 1. The lowest BCUT2D eigenvalue weighted by Gasteiger charge is -2.31. The van der Waals surface area contributed by atoms with E-state index in [2.05, 4.69) is 21.0 Å². The molecule has 1 aromatic carbocycles. The van der Waals surface area contributed by atoms with Gasteiger partial charge in [0, 0.05) is 28.1 Å². The maximum atomic E-state index is 9.65. The van der Waals surface area contributed by atoms with Crippen molar-refractivity contribution in [2.45, 2.75) is 43.9 Å². The molecule has 1 heterocycles. The monoisotopic (exact) mass is 366 g/mol. The van der Waals surface area contributed by atoms with Gasteiger partial charge in [0.1, 0.15) is 5.75 Å². The minimum absolute atomic E-state index is 0.154. The number of hydrazone groups is 1. The summed E-state index contributed by atoms with van der Waals surface area (Å²) in [6.45, 7) is 3.58.